The van der Waals surface area contributed by atoms with Crippen LogP contribution in [0.2, 0.25) is 0 Å². The molecule has 3 heterocycles. The summed E-state index contributed by atoms with van der Waals surface area (Å²) in [6.45, 7) is 3.08. The van der Waals surface area contributed by atoms with Crippen LogP contribution < -0.4 is 15.5 Å². The number of anilines is 1. The van der Waals surface area contributed by atoms with E-state index in [1.807, 2.05) is 24.4 Å². The van der Waals surface area contributed by atoms with Gasteiger partial charge >= 0.3 is 6.03 Å². The van der Waals surface area contributed by atoms with Gasteiger partial charge in [0.15, 0.2) is 0 Å². The Balaban J connectivity index is 1.43. The van der Waals surface area contributed by atoms with E-state index in [9.17, 15) is 4.79 Å². The second-order valence-electron chi connectivity index (χ2n) is 5.74. The number of nitrogens with zero attached hydrogens (tertiary/aromatic N) is 2. The van der Waals surface area contributed by atoms with Crippen LogP contribution in [0.4, 0.5) is 10.6 Å². The van der Waals surface area contributed by atoms with Gasteiger partial charge in [-0.05, 0) is 37.0 Å². The average molecular weight is 314 g/mol. The molecule has 0 spiro atoms. The molecule has 0 saturated carbocycles. The molecule has 0 unspecified atom stereocenters. The fourth-order valence-electron chi connectivity index (χ4n) is 2.65. The lowest BCUT2D eigenvalue weighted by atomic mass is 10.1. The quantitative estimate of drug-likeness (QED) is 0.890. The monoisotopic (exact) mass is 314 g/mol. The number of aromatic nitrogens is 1. The molecule has 1 aliphatic heterocycles. The van der Waals surface area contributed by atoms with E-state index >= 15 is 0 Å². The molecule has 2 aromatic rings. The van der Waals surface area contributed by atoms with Crippen LogP contribution in [0.5, 0.6) is 0 Å². The zero-order valence-corrected chi connectivity index (χ0v) is 13.1. The van der Waals surface area contributed by atoms with Crippen LogP contribution in [0.25, 0.3) is 0 Å². The van der Waals surface area contributed by atoms with Crippen molar-refractivity contribution in [3.8, 4) is 0 Å². The number of amides is 2. The van der Waals surface area contributed by atoms with E-state index in [0.717, 1.165) is 30.0 Å². The van der Waals surface area contributed by atoms with Crippen LogP contribution in [0.3, 0.4) is 0 Å². The Morgan fingerprint density at radius 3 is 2.52 bits per heavy atom. The molecule has 0 atom stereocenters. The number of rotatable bonds is 5. The minimum Gasteiger partial charge on any atom is -0.472 e. The SMILES string of the molecule is O=C(NCc1ccc(N2CCCCC2)nc1)NCc1ccoc1. The number of carbonyl (C=O) groups excluding carboxylic acids is 1. The summed E-state index contributed by atoms with van der Waals surface area (Å²) in [5.41, 5.74) is 1.93. The van der Waals surface area contributed by atoms with E-state index in [0.29, 0.717) is 13.1 Å². The molecule has 0 bridgehead atoms. The molecule has 3 rings (SSSR count). The van der Waals surface area contributed by atoms with Crippen LogP contribution in [0.15, 0.2) is 41.3 Å². The maximum absolute atomic E-state index is 11.7. The summed E-state index contributed by atoms with van der Waals surface area (Å²) in [6, 6.07) is 5.68. The molecule has 2 amide bonds. The van der Waals surface area contributed by atoms with Crippen LogP contribution in [0, 0.1) is 0 Å². The Morgan fingerprint density at radius 1 is 1.09 bits per heavy atom. The molecule has 1 fully saturated rings. The maximum Gasteiger partial charge on any atom is 0.315 e. The van der Waals surface area contributed by atoms with Crippen molar-refractivity contribution in [1.29, 1.82) is 0 Å². The van der Waals surface area contributed by atoms with Gasteiger partial charge in [-0.15, -0.1) is 0 Å². The second-order valence-corrected chi connectivity index (χ2v) is 5.74. The lowest BCUT2D eigenvalue weighted by Gasteiger charge is -2.27. The third-order valence-corrected chi connectivity index (χ3v) is 3.98. The molecule has 1 saturated heterocycles. The van der Waals surface area contributed by atoms with E-state index in [-0.39, 0.29) is 6.03 Å². The lowest BCUT2D eigenvalue weighted by Crippen LogP contribution is -2.34. The highest BCUT2D eigenvalue weighted by Crippen LogP contribution is 2.17. The van der Waals surface area contributed by atoms with Gasteiger partial charge < -0.3 is 20.0 Å². The predicted molar refractivity (Wildman–Crippen MR) is 88.1 cm³/mol. The summed E-state index contributed by atoms with van der Waals surface area (Å²) >= 11 is 0. The molecule has 6 heteroatoms. The van der Waals surface area contributed by atoms with Crippen molar-refractivity contribution in [3.05, 3.63) is 48.0 Å². The van der Waals surface area contributed by atoms with E-state index in [1.54, 1.807) is 12.5 Å². The van der Waals surface area contributed by atoms with E-state index < -0.39 is 0 Å². The third-order valence-electron chi connectivity index (χ3n) is 3.98. The van der Waals surface area contributed by atoms with E-state index in [1.165, 1.54) is 19.3 Å². The molecule has 0 aromatic carbocycles. The van der Waals surface area contributed by atoms with E-state index in [4.69, 9.17) is 4.42 Å². The smallest absolute Gasteiger partial charge is 0.315 e. The van der Waals surface area contributed by atoms with Gasteiger partial charge in [0.2, 0.25) is 0 Å². The first-order valence-corrected chi connectivity index (χ1v) is 8.04. The van der Waals surface area contributed by atoms with Crippen LogP contribution in [-0.2, 0) is 13.1 Å². The standard InChI is InChI=1S/C17H22N4O2/c22-17(20-12-15-6-9-23-13-15)19-11-14-4-5-16(18-10-14)21-7-2-1-3-8-21/h4-6,9-10,13H,1-3,7-8,11-12H2,(H2,19,20,22). The molecular formula is C17H22N4O2. The number of piperidine rings is 1. The predicted octanol–water partition coefficient (Wildman–Crippen LogP) is 2.66. The number of carbonyl (C=O) groups is 1. The van der Waals surface area contributed by atoms with Crippen molar-refractivity contribution < 1.29 is 9.21 Å². The van der Waals surface area contributed by atoms with Gasteiger partial charge in [-0.3, -0.25) is 0 Å². The summed E-state index contributed by atoms with van der Waals surface area (Å²) in [7, 11) is 0. The largest absolute Gasteiger partial charge is 0.472 e. The Bertz CT molecular complexity index is 604. The Hall–Kier alpha value is -2.50. The van der Waals surface area contributed by atoms with Gasteiger partial charge in [-0.25, -0.2) is 9.78 Å². The van der Waals surface area contributed by atoms with E-state index in [2.05, 4.69) is 20.5 Å². The number of hydrogen-bond donors (Lipinski definition) is 2. The number of furan rings is 1. The zero-order chi connectivity index (χ0) is 15.9. The minimum absolute atomic E-state index is 0.202. The summed E-state index contributed by atoms with van der Waals surface area (Å²) < 4.78 is 4.95. The number of hydrogen-bond acceptors (Lipinski definition) is 4. The van der Waals surface area contributed by atoms with Crippen molar-refractivity contribution in [3.63, 3.8) is 0 Å². The minimum atomic E-state index is -0.202. The molecule has 0 radical (unpaired) electrons. The molecule has 0 aliphatic carbocycles. The third kappa shape index (κ3) is 4.48. The molecule has 1 aliphatic rings. The molecule has 122 valence electrons. The van der Waals surface area contributed by atoms with Gasteiger partial charge in [-0.2, -0.15) is 0 Å². The molecule has 6 nitrogen and oxygen atoms in total. The summed E-state index contributed by atoms with van der Waals surface area (Å²) in [5, 5.41) is 5.61. The maximum atomic E-state index is 11.7. The van der Waals surface area contributed by atoms with Gasteiger partial charge in [0.25, 0.3) is 0 Å². The molecular weight excluding hydrogens is 292 g/mol. The highest BCUT2D eigenvalue weighted by atomic mass is 16.3. The van der Waals surface area contributed by atoms with Gasteiger partial charge in [0.1, 0.15) is 5.82 Å². The van der Waals surface area contributed by atoms with Gasteiger partial charge in [0.05, 0.1) is 12.5 Å². The lowest BCUT2D eigenvalue weighted by molar-refractivity contribution is 0.240. The normalized spacial score (nSPS) is 14.5. The molecule has 2 N–H and O–H groups in total. The first-order valence-electron chi connectivity index (χ1n) is 8.04. The first kappa shape index (κ1) is 15.4. The fourth-order valence-corrected chi connectivity index (χ4v) is 2.65. The number of pyridine rings is 1. The van der Waals surface area contributed by atoms with Crippen molar-refractivity contribution in [2.24, 2.45) is 0 Å². The highest BCUT2D eigenvalue weighted by molar-refractivity contribution is 5.73. The first-order chi connectivity index (χ1) is 11.3. The fraction of sp³-hybridized carbons (Fsp3) is 0.412. The summed E-state index contributed by atoms with van der Waals surface area (Å²) in [4.78, 5) is 18.6. The van der Waals surface area contributed by atoms with Crippen LogP contribution >= 0.6 is 0 Å². The molecule has 2 aromatic heterocycles. The number of nitrogens with one attached hydrogen (secondary N) is 2. The Kier molecular flexibility index (Phi) is 5.13. The number of urea groups is 1. The highest BCUT2D eigenvalue weighted by Gasteiger charge is 2.11. The zero-order valence-electron chi connectivity index (χ0n) is 13.1. The summed E-state index contributed by atoms with van der Waals surface area (Å²) in [6.07, 6.45) is 8.82. The van der Waals surface area contributed by atoms with Gasteiger partial charge in [-0.1, -0.05) is 6.07 Å². The summed E-state index contributed by atoms with van der Waals surface area (Å²) in [5.74, 6) is 1.03. The Morgan fingerprint density at radius 2 is 1.87 bits per heavy atom. The van der Waals surface area contributed by atoms with Crippen LogP contribution in [0.1, 0.15) is 30.4 Å². The topological polar surface area (TPSA) is 70.4 Å². The van der Waals surface area contributed by atoms with Crippen molar-refractivity contribution in [2.45, 2.75) is 32.4 Å². The van der Waals surface area contributed by atoms with Crippen molar-refractivity contribution in [1.82, 2.24) is 15.6 Å². The second kappa shape index (κ2) is 7.67. The molecule has 23 heavy (non-hydrogen) atoms. The van der Waals surface area contributed by atoms with Crippen molar-refractivity contribution in [2.75, 3.05) is 18.0 Å². The van der Waals surface area contributed by atoms with Crippen molar-refractivity contribution >= 4 is 11.8 Å². The van der Waals surface area contributed by atoms with Crippen LogP contribution in [-0.4, -0.2) is 24.1 Å². The Labute approximate surface area is 135 Å². The van der Waals surface area contributed by atoms with Gasteiger partial charge in [0, 0.05) is 37.9 Å². The average Bonchev–Trinajstić information content (AvgIpc) is 3.13.